The molecule has 0 saturated carbocycles. The second-order valence-electron chi connectivity index (χ2n) is 5.07. The highest BCUT2D eigenvalue weighted by atomic mass is 16.5. The minimum Gasteiger partial charge on any atom is -0.496 e. The van der Waals surface area contributed by atoms with E-state index in [4.69, 9.17) is 9.84 Å². The second kappa shape index (κ2) is 6.43. The first kappa shape index (κ1) is 16.4. The first-order valence-corrected chi connectivity index (χ1v) is 6.86. The van der Waals surface area contributed by atoms with Crippen molar-refractivity contribution in [2.75, 3.05) is 12.4 Å². The molecule has 0 saturated heterocycles. The molecular weight excluding hydrogens is 298 g/mol. The summed E-state index contributed by atoms with van der Waals surface area (Å²) in [6, 6.07) is 1.84. The first-order valence-electron chi connectivity index (χ1n) is 6.86. The number of benzene rings is 1. The number of hydrogen-bond donors (Lipinski definition) is 2. The largest absolute Gasteiger partial charge is 0.496 e. The molecule has 0 aliphatic carbocycles. The van der Waals surface area contributed by atoms with Gasteiger partial charge in [-0.15, -0.1) is 0 Å². The summed E-state index contributed by atoms with van der Waals surface area (Å²) in [5, 5.41) is 11.6. The third kappa shape index (κ3) is 3.28. The molecule has 120 valence electrons. The average Bonchev–Trinajstić information content (AvgIpc) is 2.54. The van der Waals surface area contributed by atoms with Crippen LogP contribution in [0.4, 0.5) is 5.69 Å². The molecule has 0 bridgehead atoms. The van der Waals surface area contributed by atoms with Crippen LogP contribution in [0, 0.1) is 20.8 Å². The number of rotatable bonds is 4. The van der Waals surface area contributed by atoms with Crippen LogP contribution in [0.3, 0.4) is 0 Å². The molecule has 0 unspecified atom stereocenters. The van der Waals surface area contributed by atoms with Crippen molar-refractivity contribution < 1.29 is 19.4 Å². The van der Waals surface area contributed by atoms with E-state index in [1.807, 2.05) is 26.8 Å². The number of anilines is 1. The van der Waals surface area contributed by atoms with Crippen LogP contribution in [0.15, 0.2) is 18.5 Å². The van der Waals surface area contributed by atoms with Gasteiger partial charge in [0.1, 0.15) is 11.4 Å². The van der Waals surface area contributed by atoms with E-state index in [9.17, 15) is 9.59 Å². The Morgan fingerprint density at radius 2 is 1.70 bits per heavy atom. The maximum absolute atomic E-state index is 12.3. The van der Waals surface area contributed by atoms with Gasteiger partial charge in [-0.3, -0.25) is 4.79 Å². The van der Waals surface area contributed by atoms with E-state index in [1.165, 1.54) is 0 Å². The number of methoxy groups -OCH3 is 1. The standard InChI is InChI=1S/C16H17N3O4/c1-8-5-13(23-4)9(2)10(3)14(8)19-15(20)11-6-18-12(7-17-11)16(21)22/h5-7H,1-4H3,(H,19,20)(H,21,22). The summed E-state index contributed by atoms with van der Waals surface area (Å²) in [7, 11) is 1.60. The normalized spacial score (nSPS) is 10.3. The lowest BCUT2D eigenvalue weighted by Gasteiger charge is -2.16. The molecule has 2 rings (SSSR count). The molecule has 1 amide bonds. The Kier molecular flexibility index (Phi) is 4.59. The Bertz CT molecular complexity index is 770. The quantitative estimate of drug-likeness (QED) is 0.898. The predicted molar refractivity (Wildman–Crippen MR) is 84.1 cm³/mol. The number of aromatic carboxylic acids is 1. The summed E-state index contributed by atoms with van der Waals surface area (Å²) >= 11 is 0. The van der Waals surface area contributed by atoms with E-state index in [0.29, 0.717) is 5.69 Å². The van der Waals surface area contributed by atoms with E-state index in [2.05, 4.69) is 15.3 Å². The van der Waals surface area contributed by atoms with Crippen molar-refractivity contribution in [3.63, 3.8) is 0 Å². The van der Waals surface area contributed by atoms with Crippen molar-refractivity contribution in [1.29, 1.82) is 0 Å². The molecular formula is C16H17N3O4. The van der Waals surface area contributed by atoms with E-state index in [0.717, 1.165) is 34.8 Å². The number of ether oxygens (including phenoxy) is 1. The molecule has 23 heavy (non-hydrogen) atoms. The Labute approximate surface area is 133 Å². The molecule has 0 spiro atoms. The molecule has 0 aliphatic rings. The lowest BCUT2D eigenvalue weighted by atomic mass is 10.0. The highest BCUT2D eigenvalue weighted by Gasteiger charge is 2.16. The summed E-state index contributed by atoms with van der Waals surface area (Å²) in [6.45, 7) is 5.66. The maximum atomic E-state index is 12.3. The van der Waals surface area contributed by atoms with Gasteiger partial charge in [0.15, 0.2) is 5.69 Å². The topological polar surface area (TPSA) is 101 Å². The number of aromatic nitrogens is 2. The van der Waals surface area contributed by atoms with Crippen LogP contribution in [0.1, 0.15) is 37.7 Å². The zero-order chi connectivity index (χ0) is 17.1. The zero-order valence-electron chi connectivity index (χ0n) is 13.3. The van der Waals surface area contributed by atoms with Gasteiger partial charge in [-0.05, 0) is 43.5 Å². The van der Waals surface area contributed by atoms with Gasteiger partial charge in [0.2, 0.25) is 0 Å². The molecule has 1 aromatic carbocycles. The van der Waals surface area contributed by atoms with Gasteiger partial charge in [-0.2, -0.15) is 0 Å². The number of carboxylic acids is 1. The van der Waals surface area contributed by atoms with Crippen LogP contribution < -0.4 is 10.1 Å². The zero-order valence-corrected chi connectivity index (χ0v) is 13.3. The molecule has 0 radical (unpaired) electrons. The Morgan fingerprint density at radius 1 is 1.09 bits per heavy atom. The maximum Gasteiger partial charge on any atom is 0.356 e. The molecule has 2 N–H and O–H groups in total. The summed E-state index contributed by atoms with van der Waals surface area (Å²) in [5.74, 6) is -0.893. The lowest BCUT2D eigenvalue weighted by molar-refractivity contribution is 0.0689. The van der Waals surface area contributed by atoms with Crippen molar-refractivity contribution in [2.24, 2.45) is 0 Å². The molecule has 0 fully saturated rings. The smallest absolute Gasteiger partial charge is 0.356 e. The number of nitrogens with one attached hydrogen (secondary N) is 1. The number of carbonyl (C=O) groups excluding carboxylic acids is 1. The summed E-state index contributed by atoms with van der Waals surface area (Å²) in [4.78, 5) is 30.5. The average molecular weight is 315 g/mol. The lowest BCUT2D eigenvalue weighted by Crippen LogP contribution is -2.17. The van der Waals surface area contributed by atoms with Crippen molar-refractivity contribution >= 4 is 17.6 Å². The number of aryl methyl sites for hydroxylation is 1. The van der Waals surface area contributed by atoms with Crippen molar-refractivity contribution in [1.82, 2.24) is 9.97 Å². The van der Waals surface area contributed by atoms with Gasteiger partial charge in [-0.25, -0.2) is 14.8 Å². The number of hydrogen-bond acceptors (Lipinski definition) is 5. The predicted octanol–water partition coefficient (Wildman–Crippen LogP) is 2.36. The van der Waals surface area contributed by atoms with Gasteiger partial charge >= 0.3 is 5.97 Å². The number of nitrogens with zero attached hydrogens (tertiary/aromatic N) is 2. The Hall–Kier alpha value is -2.96. The van der Waals surface area contributed by atoms with Crippen LogP contribution in [0.2, 0.25) is 0 Å². The molecule has 7 nitrogen and oxygen atoms in total. The van der Waals surface area contributed by atoms with Crippen molar-refractivity contribution in [2.45, 2.75) is 20.8 Å². The van der Waals surface area contributed by atoms with Gasteiger partial charge in [0, 0.05) is 5.69 Å². The fourth-order valence-electron chi connectivity index (χ4n) is 2.18. The molecule has 2 aromatic rings. The number of carboxylic acid groups (broad SMARTS) is 1. The van der Waals surface area contributed by atoms with Gasteiger partial charge in [0.25, 0.3) is 5.91 Å². The third-order valence-electron chi connectivity index (χ3n) is 3.61. The van der Waals surface area contributed by atoms with E-state index < -0.39 is 11.9 Å². The van der Waals surface area contributed by atoms with Crippen LogP contribution in [0.5, 0.6) is 5.75 Å². The summed E-state index contributed by atoms with van der Waals surface area (Å²) in [6.07, 6.45) is 2.19. The van der Waals surface area contributed by atoms with Crippen molar-refractivity contribution in [3.8, 4) is 5.75 Å². The number of carbonyl (C=O) groups is 2. The molecule has 1 aromatic heterocycles. The van der Waals surface area contributed by atoms with E-state index >= 15 is 0 Å². The van der Waals surface area contributed by atoms with Crippen LogP contribution in [-0.4, -0.2) is 34.1 Å². The fourth-order valence-corrected chi connectivity index (χ4v) is 2.18. The van der Waals surface area contributed by atoms with Crippen LogP contribution in [0.25, 0.3) is 0 Å². The van der Waals surface area contributed by atoms with Crippen molar-refractivity contribution in [3.05, 3.63) is 46.5 Å². The second-order valence-corrected chi connectivity index (χ2v) is 5.07. The summed E-state index contributed by atoms with van der Waals surface area (Å²) < 4.78 is 5.30. The van der Waals surface area contributed by atoms with Gasteiger partial charge in [-0.1, -0.05) is 0 Å². The molecule has 0 aliphatic heterocycles. The summed E-state index contributed by atoms with van der Waals surface area (Å²) in [5.41, 5.74) is 3.19. The van der Waals surface area contributed by atoms with Gasteiger partial charge < -0.3 is 15.2 Å². The minimum absolute atomic E-state index is 0.0438. The molecule has 7 heteroatoms. The first-order chi connectivity index (χ1) is 10.8. The highest BCUT2D eigenvalue weighted by molar-refractivity contribution is 6.03. The van der Waals surface area contributed by atoms with E-state index in [1.54, 1.807) is 7.11 Å². The monoisotopic (exact) mass is 315 g/mol. The highest BCUT2D eigenvalue weighted by Crippen LogP contribution is 2.31. The Balaban J connectivity index is 2.30. The SMILES string of the molecule is COc1cc(C)c(NC(=O)c2cnc(C(=O)O)cn2)c(C)c1C. The fraction of sp³-hybridized carbons (Fsp3) is 0.250. The third-order valence-corrected chi connectivity index (χ3v) is 3.61. The molecule has 1 heterocycles. The van der Waals surface area contributed by atoms with Crippen LogP contribution in [-0.2, 0) is 0 Å². The van der Waals surface area contributed by atoms with E-state index in [-0.39, 0.29) is 11.4 Å². The van der Waals surface area contributed by atoms with Crippen LogP contribution >= 0.6 is 0 Å². The molecule has 0 atom stereocenters. The Morgan fingerprint density at radius 3 is 2.22 bits per heavy atom. The van der Waals surface area contributed by atoms with Gasteiger partial charge in [0.05, 0.1) is 19.5 Å². The number of amides is 1. The minimum atomic E-state index is -1.19.